The molecule has 1 aliphatic heterocycles. The third-order valence-corrected chi connectivity index (χ3v) is 4.39. The highest BCUT2D eigenvalue weighted by Gasteiger charge is 2.43. The molecule has 22 heavy (non-hydrogen) atoms. The lowest BCUT2D eigenvalue weighted by Gasteiger charge is -2.27. The third kappa shape index (κ3) is 3.60. The summed E-state index contributed by atoms with van der Waals surface area (Å²) in [6.07, 6.45) is -0.347. The van der Waals surface area contributed by atoms with Gasteiger partial charge in [-0.25, -0.2) is 0 Å². The van der Waals surface area contributed by atoms with Gasteiger partial charge in [0.25, 0.3) is 0 Å². The molecule has 1 aliphatic rings. The van der Waals surface area contributed by atoms with Gasteiger partial charge in [0.2, 0.25) is 6.29 Å². The van der Waals surface area contributed by atoms with Crippen LogP contribution >= 0.6 is 0 Å². The fourth-order valence-electron chi connectivity index (χ4n) is 2.55. The average molecular weight is 329 g/mol. The molecule has 0 fully saturated rings. The van der Waals surface area contributed by atoms with Crippen LogP contribution in [-0.4, -0.2) is 25.4 Å². The minimum absolute atomic E-state index is 0.0400. The molecule has 0 amide bonds. The van der Waals surface area contributed by atoms with Gasteiger partial charge in [0, 0.05) is 11.6 Å². The van der Waals surface area contributed by atoms with Crippen molar-refractivity contribution < 1.29 is 22.4 Å². The van der Waals surface area contributed by atoms with Crippen molar-refractivity contribution in [1.29, 1.82) is 0 Å². The summed E-state index contributed by atoms with van der Waals surface area (Å²) in [5, 5.41) is 0. The summed E-state index contributed by atoms with van der Waals surface area (Å²) in [5.74, 6) is 0.735. The standard InChI is InChI=1S/C15H23NO5S/c1-9(2)20-14-15(4,5)12-8-11(6-7-13(12)21-14)10(3)16-22(17,18)19/h6-10,14,16H,1-5H3,(H,17,18,19). The summed E-state index contributed by atoms with van der Waals surface area (Å²) in [5.41, 5.74) is 1.35. The first kappa shape index (κ1) is 17.2. The first-order valence-corrected chi connectivity index (χ1v) is 8.66. The van der Waals surface area contributed by atoms with E-state index in [0.29, 0.717) is 0 Å². The molecule has 0 spiro atoms. The van der Waals surface area contributed by atoms with Crippen LogP contribution in [0.2, 0.25) is 0 Å². The highest BCUT2D eigenvalue weighted by molar-refractivity contribution is 7.83. The molecule has 1 heterocycles. The molecule has 1 aromatic carbocycles. The van der Waals surface area contributed by atoms with E-state index < -0.39 is 16.3 Å². The molecule has 0 bridgehead atoms. The van der Waals surface area contributed by atoms with E-state index in [1.165, 1.54) is 0 Å². The van der Waals surface area contributed by atoms with E-state index in [1.54, 1.807) is 19.1 Å². The average Bonchev–Trinajstić information content (AvgIpc) is 2.58. The van der Waals surface area contributed by atoms with Crippen molar-refractivity contribution in [3.63, 3.8) is 0 Å². The number of rotatable bonds is 5. The highest BCUT2D eigenvalue weighted by Crippen LogP contribution is 2.44. The topological polar surface area (TPSA) is 84.9 Å². The normalized spacial score (nSPS) is 21.5. The molecule has 0 saturated heterocycles. The SMILES string of the molecule is CC(C)OC1Oc2ccc(C(C)NS(=O)(=O)O)cc2C1(C)C. The Bertz CT molecular complexity index is 654. The van der Waals surface area contributed by atoms with Gasteiger partial charge >= 0.3 is 10.3 Å². The van der Waals surface area contributed by atoms with E-state index in [4.69, 9.17) is 14.0 Å². The molecular formula is C15H23NO5S. The zero-order valence-electron chi connectivity index (χ0n) is 13.5. The van der Waals surface area contributed by atoms with Crippen LogP contribution in [0, 0.1) is 0 Å². The van der Waals surface area contributed by atoms with Gasteiger partial charge in [0.05, 0.1) is 11.5 Å². The van der Waals surface area contributed by atoms with E-state index in [-0.39, 0.29) is 17.8 Å². The van der Waals surface area contributed by atoms with Gasteiger partial charge in [-0.1, -0.05) is 6.07 Å². The van der Waals surface area contributed by atoms with Crippen molar-refractivity contribution in [2.75, 3.05) is 0 Å². The maximum Gasteiger partial charge on any atom is 0.333 e. The summed E-state index contributed by atoms with van der Waals surface area (Å²) < 4.78 is 44.6. The van der Waals surface area contributed by atoms with E-state index in [2.05, 4.69) is 4.72 Å². The molecule has 2 N–H and O–H groups in total. The smallest absolute Gasteiger partial charge is 0.333 e. The van der Waals surface area contributed by atoms with Gasteiger partial charge < -0.3 is 9.47 Å². The summed E-state index contributed by atoms with van der Waals surface area (Å²) >= 11 is 0. The first-order valence-electron chi connectivity index (χ1n) is 7.22. The van der Waals surface area contributed by atoms with Gasteiger partial charge in [-0.15, -0.1) is 0 Å². The van der Waals surface area contributed by atoms with Crippen molar-refractivity contribution in [3.8, 4) is 5.75 Å². The Kier molecular flexibility index (Phi) is 4.54. The Balaban J connectivity index is 2.30. The van der Waals surface area contributed by atoms with Crippen LogP contribution in [0.4, 0.5) is 0 Å². The Hall–Kier alpha value is -1.15. The Morgan fingerprint density at radius 1 is 1.32 bits per heavy atom. The van der Waals surface area contributed by atoms with Gasteiger partial charge in [-0.3, -0.25) is 4.55 Å². The van der Waals surface area contributed by atoms with E-state index >= 15 is 0 Å². The molecule has 0 aliphatic carbocycles. The molecule has 1 aromatic rings. The minimum Gasteiger partial charge on any atom is -0.464 e. The molecule has 0 radical (unpaired) electrons. The molecular weight excluding hydrogens is 306 g/mol. The van der Waals surface area contributed by atoms with Crippen LogP contribution < -0.4 is 9.46 Å². The van der Waals surface area contributed by atoms with E-state index in [0.717, 1.165) is 16.9 Å². The second-order valence-corrected chi connectivity index (χ2v) is 7.61. The number of nitrogens with one attached hydrogen (secondary N) is 1. The summed E-state index contributed by atoms with van der Waals surface area (Å²) in [7, 11) is -4.25. The number of hydrogen-bond donors (Lipinski definition) is 2. The fourth-order valence-corrected chi connectivity index (χ4v) is 3.13. The lowest BCUT2D eigenvalue weighted by atomic mass is 9.84. The zero-order valence-corrected chi connectivity index (χ0v) is 14.3. The molecule has 2 unspecified atom stereocenters. The van der Waals surface area contributed by atoms with Crippen molar-refractivity contribution >= 4 is 10.3 Å². The van der Waals surface area contributed by atoms with Crippen molar-refractivity contribution in [1.82, 2.24) is 4.72 Å². The number of ether oxygens (including phenoxy) is 2. The minimum atomic E-state index is -4.25. The Morgan fingerprint density at radius 2 is 1.95 bits per heavy atom. The molecule has 0 saturated carbocycles. The largest absolute Gasteiger partial charge is 0.464 e. The Morgan fingerprint density at radius 3 is 2.50 bits per heavy atom. The zero-order chi connectivity index (χ0) is 16.7. The predicted octanol–water partition coefficient (Wildman–Crippen LogP) is 2.56. The number of benzene rings is 1. The predicted molar refractivity (Wildman–Crippen MR) is 83.2 cm³/mol. The van der Waals surface area contributed by atoms with Gasteiger partial charge in [-0.2, -0.15) is 13.1 Å². The fraction of sp³-hybridized carbons (Fsp3) is 0.600. The summed E-state index contributed by atoms with van der Waals surface area (Å²) in [6.45, 7) is 9.62. The van der Waals surface area contributed by atoms with Crippen LogP contribution in [0.1, 0.15) is 51.8 Å². The van der Waals surface area contributed by atoms with Gasteiger partial charge in [-0.05, 0) is 52.3 Å². The van der Waals surface area contributed by atoms with Crippen molar-refractivity contribution in [3.05, 3.63) is 29.3 Å². The van der Waals surface area contributed by atoms with Crippen LogP contribution in [0.3, 0.4) is 0 Å². The summed E-state index contributed by atoms with van der Waals surface area (Å²) in [6, 6.07) is 4.93. The maximum atomic E-state index is 10.9. The molecule has 2 atom stereocenters. The van der Waals surface area contributed by atoms with E-state index in [9.17, 15) is 8.42 Å². The monoisotopic (exact) mass is 329 g/mol. The second kappa shape index (κ2) is 5.81. The van der Waals surface area contributed by atoms with E-state index in [1.807, 2.05) is 33.8 Å². The van der Waals surface area contributed by atoms with Crippen LogP contribution in [0.25, 0.3) is 0 Å². The number of fused-ring (bicyclic) bond motifs is 1. The van der Waals surface area contributed by atoms with Gasteiger partial charge in [0.1, 0.15) is 5.75 Å². The van der Waals surface area contributed by atoms with Crippen LogP contribution in [0.15, 0.2) is 18.2 Å². The second-order valence-electron chi connectivity index (χ2n) is 6.43. The van der Waals surface area contributed by atoms with Crippen molar-refractivity contribution in [2.24, 2.45) is 0 Å². The van der Waals surface area contributed by atoms with Gasteiger partial charge in [0.15, 0.2) is 0 Å². The summed E-state index contributed by atoms with van der Waals surface area (Å²) in [4.78, 5) is 0. The molecule has 124 valence electrons. The Labute approximate surface area is 131 Å². The van der Waals surface area contributed by atoms with Crippen LogP contribution in [0.5, 0.6) is 5.75 Å². The lowest BCUT2D eigenvalue weighted by molar-refractivity contribution is -0.128. The van der Waals surface area contributed by atoms with Crippen LogP contribution in [-0.2, 0) is 20.5 Å². The first-order chi connectivity index (χ1) is 10.0. The molecule has 0 aromatic heterocycles. The number of hydrogen-bond acceptors (Lipinski definition) is 4. The maximum absolute atomic E-state index is 10.9. The quantitative estimate of drug-likeness (QED) is 0.811. The third-order valence-electron chi connectivity index (χ3n) is 3.74. The molecule has 7 heteroatoms. The molecule has 2 rings (SSSR count). The highest BCUT2D eigenvalue weighted by atomic mass is 32.2. The lowest BCUT2D eigenvalue weighted by Crippen LogP contribution is -2.36. The molecule has 6 nitrogen and oxygen atoms in total. The van der Waals surface area contributed by atoms with Crippen molar-refractivity contribution in [2.45, 2.75) is 58.5 Å².